The Hall–Kier alpha value is -2.41. The monoisotopic (exact) mass is 194 g/mol. The second-order valence-corrected chi connectivity index (χ2v) is 3.30. The van der Waals surface area contributed by atoms with E-state index in [0.717, 1.165) is 21.9 Å². The summed E-state index contributed by atoms with van der Waals surface area (Å²) in [5.74, 6) is 0. The van der Waals surface area contributed by atoms with E-state index in [-0.39, 0.29) is 0 Å². The van der Waals surface area contributed by atoms with Crippen molar-refractivity contribution in [3.8, 4) is 6.07 Å². The third-order valence-corrected chi connectivity index (χ3v) is 2.36. The zero-order valence-corrected chi connectivity index (χ0v) is 7.73. The van der Waals surface area contributed by atoms with E-state index < -0.39 is 0 Å². The quantitative estimate of drug-likeness (QED) is 0.595. The predicted molar refractivity (Wildman–Crippen MR) is 56.1 cm³/mol. The summed E-state index contributed by atoms with van der Waals surface area (Å²) in [4.78, 5) is 11.3. The Labute approximate surface area is 85.2 Å². The van der Waals surface area contributed by atoms with Crippen molar-refractivity contribution in [1.29, 1.82) is 5.26 Å². The molecule has 0 aliphatic carbocycles. The zero-order valence-electron chi connectivity index (χ0n) is 7.73. The minimum Gasteiger partial charge on any atom is -0.360 e. The van der Waals surface area contributed by atoms with Crippen LogP contribution in [0.25, 0.3) is 21.9 Å². The second kappa shape index (κ2) is 2.79. The van der Waals surface area contributed by atoms with Gasteiger partial charge in [-0.3, -0.25) is 0 Å². The van der Waals surface area contributed by atoms with Gasteiger partial charge in [0.1, 0.15) is 12.4 Å². The fourth-order valence-corrected chi connectivity index (χ4v) is 1.63. The molecule has 1 N–H and O–H groups in total. The molecule has 70 valence electrons. The molecule has 15 heavy (non-hydrogen) atoms. The number of nitrogens with zero attached hydrogens (tertiary/aromatic N) is 3. The third-order valence-electron chi connectivity index (χ3n) is 2.36. The van der Waals surface area contributed by atoms with E-state index in [2.05, 4.69) is 21.0 Å². The fourth-order valence-electron chi connectivity index (χ4n) is 1.63. The number of fused-ring (bicyclic) bond motifs is 2. The summed E-state index contributed by atoms with van der Waals surface area (Å²) in [6.45, 7) is 0. The van der Waals surface area contributed by atoms with Gasteiger partial charge in [-0.2, -0.15) is 5.26 Å². The van der Waals surface area contributed by atoms with Crippen LogP contribution in [0.15, 0.2) is 30.7 Å². The van der Waals surface area contributed by atoms with Crippen molar-refractivity contribution in [2.24, 2.45) is 0 Å². The van der Waals surface area contributed by atoms with Crippen LogP contribution in [-0.2, 0) is 0 Å². The minimum absolute atomic E-state index is 0.612. The highest BCUT2D eigenvalue weighted by atomic mass is 14.9. The van der Waals surface area contributed by atoms with Crippen molar-refractivity contribution in [2.45, 2.75) is 0 Å². The van der Waals surface area contributed by atoms with Crippen molar-refractivity contribution in [3.63, 3.8) is 0 Å². The number of nitriles is 1. The first-order valence-corrected chi connectivity index (χ1v) is 4.50. The number of benzene rings is 1. The highest BCUT2D eigenvalue weighted by molar-refractivity contribution is 5.93. The molecule has 2 aromatic heterocycles. The van der Waals surface area contributed by atoms with Crippen LogP contribution in [0.5, 0.6) is 0 Å². The molecule has 0 atom stereocenters. The summed E-state index contributed by atoms with van der Waals surface area (Å²) in [5.41, 5.74) is 3.29. The molecule has 0 spiro atoms. The van der Waals surface area contributed by atoms with E-state index >= 15 is 0 Å². The standard InChI is InChI=1S/C11H6N4/c12-4-7-1-8-2-10-11(15-6-14-10)3-9(8)13-5-7/h1-3,5-6,13H. The SMILES string of the molecule is N#Cc1c[nH]c2cc3ncnc3cc2c1. The lowest BCUT2D eigenvalue weighted by Crippen LogP contribution is -1.82. The Balaban J connectivity index is 2.45. The highest BCUT2D eigenvalue weighted by Gasteiger charge is 2.01. The van der Waals surface area contributed by atoms with Crippen LogP contribution in [0.3, 0.4) is 0 Å². The molecule has 3 rings (SSSR count). The molecule has 4 heteroatoms. The lowest BCUT2D eigenvalue weighted by molar-refractivity contribution is 1.34. The summed E-state index contributed by atoms with van der Waals surface area (Å²) in [6.07, 6.45) is 3.22. The fraction of sp³-hybridized carbons (Fsp3) is 0. The Kier molecular flexibility index (Phi) is 1.48. The number of nitrogens with one attached hydrogen (secondary N) is 1. The number of rotatable bonds is 0. The molecule has 0 radical (unpaired) electrons. The van der Waals surface area contributed by atoms with Gasteiger partial charge in [-0.25, -0.2) is 9.97 Å². The number of H-pyrrole nitrogens is 1. The lowest BCUT2D eigenvalue weighted by Gasteiger charge is -1.98. The number of pyridine rings is 1. The number of hydrogen-bond acceptors (Lipinski definition) is 3. The van der Waals surface area contributed by atoms with Gasteiger partial charge in [0.25, 0.3) is 0 Å². The summed E-state index contributed by atoms with van der Waals surface area (Å²) in [5, 5.41) is 9.75. The number of aromatic amines is 1. The van der Waals surface area contributed by atoms with Crippen molar-refractivity contribution in [3.05, 3.63) is 36.3 Å². The highest BCUT2D eigenvalue weighted by Crippen LogP contribution is 2.19. The average Bonchev–Trinajstić information content (AvgIpc) is 2.72. The largest absolute Gasteiger partial charge is 0.360 e. The third kappa shape index (κ3) is 1.14. The molecule has 0 saturated heterocycles. The first-order valence-electron chi connectivity index (χ1n) is 4.50. The van der Waals surface area contributed by atoms with Crippen molar-refractivity contribution < 1.29 is 0 Å². The van der Waals surface area contributed by atoms with Crippen LogP contribution in [-0.4, -0.2) is 15.0 Å². The summed E-state index contributed by atoms with van der Waals surface area (Å²) in [7, 11) is 0. The lowest BCUT2D eigenvalue weighted by atomic mass is 10.1. The van der Waals surface area contributed by atoms with Gasteiger partial charge in [-0.1, -0.05) is 0 Å². The Bertz CT molecular complexity index is 690. The molecule has 2 heterocycles. The van der Waals surface area contributed by atoms with Crippen molar-refractivity contribution in [1.82, 2.24) is 15.0 Å². The van der Waals surface area contributed by atoms with E-state index in [0.29, 0.717) is 5.56 Å². The smallest absolute Gasteiger partial charge is 0.116 e. The van der Waals surface area contributed by atoms with Crippen molar-refractivity contribution >= 4 is 21.9 Å². The molecule has 0 aliphatic heterocycles. The molecule has 0 aliphatic rings. The Morgan fingerprint density at radius 2 is 1.93 bits per heavy atom. The van der Waals surface area contributed by atoms with Crippen LogP contribution in [0, 0.1) is 11.3 Å². The van der Waals surface area contributed by atoms with E-state index in [1.165, 1.54) is 6.33 Å². The van der Waals surface area contributed by atoms with E-state index in [9.17, 15) is 0 Å². The number of imidazole rings is 1. The second-order valence-electron chi connectivity index (χ2n) is 3.30. The van der Waals surface area contributed by atoms with E-state index in [1.54, 1.807) is 6.20 Å². The summed E-state index contributed by atoms with van der Waals surface area (Å²) in [6, 6.07) is 7.78. The summed E-state index contributed by atoms with van der Waals surface area (Å²) < 4.78 is 0. The summed E-state index contributed by atoms with van der Waals surface area (Å²) >= 11 is 0. The molecule has 0 unspecified atom stereocenters. The number of hydrogen-bond donors (Lipinski definition) is 1. The van der Waals surface area contributed by atoms with Crippen LogP contribution < -0.4 is 0 Å². The molecule has 0 bridgehead atoms. The van der Waals surface area contributed by atoms with Gasteiger partial charge in [0.15, 0.2) is 0 Å². The Morgan fingerprint density at radius 1 is 1.13 bits per heavy atom. The van der Waals surface area contributed by atoms with Gasteiger partial charge in [0.05, 0.1) is 16.6 Å². The molecule has 1 aromatic carbocycles. The molecular formula is C11H6N4. The first-order chi connectivity index (χ1) is 7.36. The maximum absolute atomic E-state index is 8.77. The molecule has 0 saturated carbocycles. The predicted octanol–water partition coefficient (Wildman–Crippen LogP) is 1.98. The van der Waals surface area contributed by atoms with Gasteiger partial charge in [-0.15, -0.1) is 0 Å². The normalized spacial score (nSPS) is 10.6. The van der Waals surface area contributed by atoms with E-state index in [4.69, 9.17) is 5.26 Å². The molecule has 0 amide bonds. The minimum atomic E-state index is 0.612. The molecule has 4 nitrogen and oxygen atoms in total. The molecular weight excluding hydrogens is 188 g/mol. The maximum atomic E-state index is 8.77. The molecule has 3 aromatic rings. The topological polar surface area (TPSA) is 65.4 Å². The van der Waals surface area contributed by atoms with Crippen LogP contribution in [0.4, 0.5) is 0 Å². The van der Waals surface area contributed by atoms with Crippen LogP contribution in [0.2, 0.25) is 0 Å². The van der Waals surface area contributed by atoms with Crippen LogP contribution >= 0.6 is 0 Å². The van der Waals surface area contributed by atoms with Crippen LogP contribution in [0.1, 0.15) is 5.56 Å². The maximum Gasteiger partial charge on any atom is 0.116 e. The van der Waals surface area contributed by atoms with Gasteiger partial charge >= 0.3 is 0 Å². The number of aromatic nitrogens is 3. The van der Waals surface area contributed by atoms with Gasteiger partial charge < -0.3 is 4.98 Å². The Morgan fingerprint density at radius 3 is 2.73 bits per heavy atom. The van der Waals surface area contributed by atoms with Gasteiger partial charge in [-0.05, 0) is 18.2 Å². The first kappa shape index (κ1) is 7.94. The van der Waals surface area contributed by atoms with E-state index in [1.807, 2.05) is 18.2 Å². The average molecular weight is 194 g/mol. The van der Waals surface area contributed by atoms with Crippen molar-refractivity contribution in [2.75, 3.05) is 0 Å². The van der Waals surface area contributed by atoms with Gasteiger partial charge in [0, 0.05) is 17.1 Å². The molecule has 0 fully saturated rings. The zero-order chi connectivity index (χ0) is 10.3. The van der Waals surface area contributed by atoms with Gasteiger partial charge in [0.2, 0.25) is 0 Å².